The first-order chi connectivity index (χ1) is 11.6. The van der Waals surface area contributed by atoms with Gasteiger partial charge in [-0.15, -0.1) is 0 Å². The number of hydrogen-bond donors (Lipinski definition) is 0. The molecule has 1 aromatic heterocycles. The lowest BCUT2D eigenvalue weighted by Crippen LogP contribution is -2.48. The molecular formula is C16H18FN3O3S. The lowest BCUT2D eigenvalue weighted by Gasteiger charge is -2.34. The second kappa shape index (κ2) is 7.33. The van der Waals surface area contributed by atoms with E-state index in [-0.39, 0.29) is 17.5 Å². The van der Waals surface area contributed by atoms with Gasteiger partial charge >= 0.3 is 0 Å². The van der Waals surface area contributed by atoms with E-state index in [0.717, 1.165) is 11.8 Å². The number of halogens is 1. The van der Waals surface area contributed by atoms with Gasteiger partial charge in [-0.3, -0.25) is 9.97 Å². The van der Waals surface area contributed by atoms with Gasteiger partial charge in [0.25, 0.3) is 0 Å². The Labute approximate surface area is 140 Å². The normalized spacial score (nSPS) is 19.3. The Hall–Kier alpha value is -1.90. The summed E-state index contributed by atoms with van der Waals surface area (Å²) in [6, 6.07) is 4.77. The van der Waals surface area contributed by atoms with Crippen molar-refractivity contribution in [3.63, 3.8) is 0 Å². The molecule has 1 saturated heterocycles. The maximum absolute atomic E-state index is 13.4. The summed E-state index contributed by atoms with van der Waals surface area (Å²) in [5.41, 5.74) is 0.797. The minimum absolute atomic E-state index is 0.0334. The van der Waals surface area contributed by atoms with Gasteiger partial charge in [-0.2, -0.15) is 4.31 Å². The van der Waals surface area contributed by atoms with E-state index in [4.69, 9.17) is 4.74 Å². The topological polar surface area (TPSA) is 72.4 Å². The molecule has 1 aliphatic rings. The molecule has 6 nitrogen and oxygen atoms in total. The van der Waals surface area contributed by atoms with E-state index in [0.29, 0.717) is 26.1 Å². The van der Waals surface area contributed by atoms with Gasteiger partial charge in [0.15, 0.2) is 0 Å². The van der Waals surface area contributed by atoms with Gasteiger partial charge in [-0.25, -0.2) is 12.8 Å². The highest BCUT2D eigenvalue weighted by Crippen LogP contribution is 2.23. The number of morpholine rings is 1. The van der Waals surface area contributed by atoms with E-state index in [1.807, 2.05) is 0 Å². The predicted molar refractivity (Wildman–Crippen MR) is 85.3 cm³/mol. The predicted octanol–water partition coefficient (Wildman–Crippen LogP) is 1.64. The van der Waals surface area contributed by atoms with Crippen LogP contribution in [0.15, 0.2) is 47.8 Å². The standard InChI is InChI=1S/C16H18FN3O3S/c17-13-2-1-3-16(10-13)24(21,22)20-8-9-23-12-15(20)5-4-14-11-18-6-7-19-14/h1-3,6-7,10-11,15H,4-5,8-9,12H2. The fraction of sp³-hybridized carbons (Fsp3) is 0.375. The first-order valence-corrected chi connectivity index (χ1v) is 9.11. The Kier molecular flexibility index (Phi) is 5.17. The maximum Gasteiger partial charge on any atom is 0.243 e. The van der Waals surface area contributed by atoms with Crippen LogP contribution in [0, 0.1) is 5.82 Å². The second-order valence-corrected chi connectivity index (χ2v) is 7.43. The largest absolute Gasteiger partial charge is 0.378 e. The summed E-state index contributed by atoms with van der Waals surface area (Å²) >= 11 is 0. The van der Waals surface area contributed by atoms with E-state index >= 15 is 0 Å². The Bertz CT molecular complexity index is 786. The molecule has 0 radical (unpaired) electrons. The molecule has 1 unspecified atom stereocenters. The molecule has 1 fully saturated rings. The van der Waals surface area contributed by atoms with Crippen molar-refractivity contribution in [3.8, 4) is 0 Å². The van der Waals surface area contributed by atoms with Gasteiger partial charge in [-0.1, -0.05) is 6.07 Å². The number of rotatable bonds is 5. The van der Waals surface area contributed by atoms with E-state index in [1.54, 1.807) is 18.6 Å². The summed E-state index contributed by atoms with van der Waals surface area (Å²) in [6.07, 6.45) is 6.02. The first-order valence-electron chi connectivity index (χ1n) is 7.67. The molecule has 0 spiro atoms. The van der Waals surface area contributed by atoms with Crippen molar-refractivity contribution in [3.05, 3.63) is 54.4 Å². The molecular weight excluding hydrogens is 333 g/mol. The molecule has 3 rings (SSSR count). The van der Waals surface area contributed by atoms with Crippen LogP contribution in [-0.4, -0.2) is 48.5 Å². The minimum atomic E-state index is -3.76. The summed E-state index contributed by atoms with van der Waals surface area (Å²) in [6.45, 7) is 0.898. The lowest BCUT2D eigenvalue weighted by atomic mass is 10.1. The number of nitrogens with zero attached hydrogens (tertiary/aromatic N) is 3. The van der Waals surface area contributed by atoms with Crippen molar-refractivity contribution >= 4 is 10.0 Å². The summed E-state index contributed by atoms with van der Waals surface area (Å²) in [5, 5.41) is 0. The molecule has 0 saturated carbocycles. The molecule has 2 aromatic rings. The number of benzene rings is 1. The number of aromatic nitrogens is 2. The number of hydrogen-bond acceptors (Lipinski definition) is 5. The fourth-order valence-corrected chi connectivity index (χ4v) is 4.38. The van der Waals surface area contributed by atoms with E-state index in [2.05, 4.69) is 9.97 Å². The molecule has 1 atom stereocenters. The Morgan fingerprint density at radius 1 is 1.33 bits per heavy atom. The molecule has 0 aliphatic carbocycles. The Balaban J connectivity index is 1.78. The van der Waals surface area contributed by atoms with Crippen LogP contribution >= 0.6 is 0 Å². The van der Waals surface area contributed by atoms with Gasteiger partial charge in [0.1, 0.15) is 5.82 Å². The molecule has 8 heteroatoms. The summed E-state index contributed by atoms with van der Waals surface area (Å²) in [4.78, 5) is 8.17. The van der Waals surface area contributed by atoms with Gasteiger partial charge in [0.05, 0.1) is 23.8 Å². The van der Waals surface area contributed by atoms with Crippen LogP contribution in [0.1, 0.15) is 12.1 Å². The zero-order valence-corrected chi connectivity index (χ0v) is 13.8. The molecule has 1 aromatic carbocycles. The van der Waals surface area contributed by atoms with Crippen LogP contribution in [0.25, 0.3) is 0 Å². The maximum atomic E-state index is 13.4. The van der Waals surface area contributed by atoms with Crippen molar-refractivity contribution in [2.75, 3.05) is 19.8 Å². The van der Waals surface area contributed by atoms with Crippen LogP contribution in [0.4, 0.5) is 4.39 Å². The van der Waals surface area contributed by atoms with Crippen LogP contribution in [0.3, 0.4) is 0 Å². The van der Waals surface area contributed by atoms with Gasteiger partial charge in [0, 0.05) is 31.2 Å². The SMILES string of the molecule is O=S(=O)(c1cccc(F)c1)N1CCOCC1CCc1cnccn1. The van der Waals surface area contributed by atoms with Gasteiger partial charge < -0.3 is 4.74 Å². The molecule has 24 heavy (non-hydrogen) atoms. The third-order valence-electron chi connectivity index (χ3n) is 3.93. The highest BCUT2D eigenvalue weighted by atomic mass is 32.2. The molecule has 2 heterocycles. The average molecular weight is 351 g/mol. The monoisotopic (exact) mass is 351 g/mol. The third kappa shape index (κ3) is 3.77. The summed E-state index contributed by atoms with van der Waals surface area (Å²) in [5.74, 6) is -0.569. The van der Waals surface area contributed by atoms with Crippen LogP contribution in [0.5, 0.6) is 0 Å². The first kappa shape index (κ1) is 16.9. The van der Waals surface area contributed by atoms with Crippen LogP contribution < -0.4 is 0 Å². The fourth-order valence-electron chi connectivity index (χ4n) is 2.72. The van der Waals surface area contributed by atoms with Crippen LogP contribution in [-0.2, 0) is 21.2 Å². The second-order valence-electron chi connectivity index (χ2n) is 5.54. The molecule has 0 amide bonds. The number of ether oxygens (including phenoxy) is 1. The van der Waals surface area contributed by atoms with Gasteiger partial charge in [0.2, 0.25) is 10.0 Å². The van der Waals surface area contributed by atoms with Crippen molar-refractivity contribution in [2.24, 2.45) is 0 Å². The van der Waals surface area contributed by atoms with Crippen molar-refractivity contribution in [1.82, 2.24) is 14.3 Å². The lowest BCUT2D eigenvalue weighted by molar-refractivity contribution is 0.0297. The number of aryl methyl sites for hydroxylation is 1. The molecule has 0 bridgehead atoms. The van der Waals surface area contributed by atoms with Crippen molar-refractivity contribution in [1.29, 1.82) is 0 Å². The zero-order chi connectivity index (χ0) is 17.0. The summed E-state index contributed by atoms with van der Waals surface area (Å²) < 4.78 is 45.9. The summed E-state index contributed by atoms with van der Waals surface area (Å²) in [7, 11) is -3.76. The quantitative estimate of drug-likeness (QED) is 0.819. The highest BCUT2D eigenvalue weighted by molar-refractivity contribution is 7.89. The Morgan fingerprint density at radius 2 is 2.21 bits per heavy atom. The molecule has 128 valence electrons. The molecule has 0 N–H and O–H groups in total. The highest BCUT2D eigenvalue weighted by Gasteiger charge is 2.34. The third-order valence-corrected chi connectivity index (χ3v) is 5.87. The van der Waals surface area contributed by atoms with Crippen LogP contribution in [0.2, 0.25) is 0 Å². The van der Waals surface area contributed by atoms with E-state index in [9.17, 15) is 12.8 Å². The minimum Gasteiger partial charge on any atom is -0.378 e. The van der Waals surface area contributed by atoms with Crippen molar-refractivity contribution < 1.29 is 17.5 Å². The average Bonchev–Trinajstić information content (AvgIpc) is 2.61. The van der Waals surface area contributed by atoms with E-state index < -0.39 is 15.8 Å². The van der Waals surface area contributed by atoms with Gasteiger partial charge in [-0.05, 0) is 31.0 Å². The van der Waals surface area contributed by atoms with Crippen molar-refractivity contribution in [2.45, 2.75) is 23.8 Å². The number of sulfonamides is 1. The smallest absolute Gasteiger partial charge is 0.243 e. The van der Waals surface area contributed by atoms with E-state index in [1.165, 1.54) is 22.5 Å². The molecule has 1 aliphatic heterocycles. The zero-order valence-electron chi connectivity index (χ0n) is 13.0. The Morgan fingerprint density at radius 3 is 2.96 bits per heavy atom.